The van der Waals surface area contributed by atoms with E-state index in [1.165, 1.54) is 16.8 Å². The highest BCUT2D eigenvalue weighted by atomic mass is 15.4. The van der Waals surface area contributed by atoms with E-state index in [1.54, 1.807) is 0 Å². The van der Waals surface area contributed by atoms with Crippen LogP contribution in [0, 0.1) is 0 Å². The third-order valence-electron chi connectivity index (χ3n) is 6.56. The smallest absolute Gasteiger partial charge is 0.227 e. The summed E-state index contributed by atoms with van der Waals surface area (Å²) < 4.78 is 2.34. The lowest BCUT2D eigenvalue weighted by Crippen LogP contribution is -2.30. The van der Waals surface area contributed by atoms with Crippen LogP contribution in [0.25, 0.3) is 0 Å². The molecule has 6 nitrogen and oxygen atoms in total. The van der Waals surface area contributed by atoms with E-state index in [0.717, 1.165) is 50.5 Å². The molecular formula is C22H28N6. The minimum Gasteiger partial charge on any atom is -0.338 e. The number of anilines is 1. The maximum Gasteiger partial charge on any atom is 0.227 e. The van der Waals surface area contributed by atoms with Crippen LogP contribution in [0.2, 0.25) is 0 Å². The molecule has 28 heavy (non-hydrogen) atoms. The maximum absolute atomic E-state index is 4.68. The Morgan fingerprint density at radius 3 is 2.82 bits per heavy atom. The van der Waals surface area contributed by atoms with Crippen LogP contribution in [0.1, 0.15) is 61.2 Å². The van der Waals surface area contributed by atoms with Crippen LogP contribution in [0.3, 0.4) is 0 Å². The van der Waals surface area contributed by atoms with E-state index >= 15 is 0 Å². The van der Waals surface area contributed by atoms with Crippen LogP contribution < -0.4 is 4.90 Å². The fourth-order valence-corrected chi connectivity index (χ4v) is 5.03. The zero-order valence-electron chi connectivity index (χ0n) is 16.7. The largest absolute Gasteiger partial charge is 0.338 e. The molecule has 3 unspecified atom stereocenters. The van der Waals surface area contributed by atoms with Crippen LogP contribution in [0.4, 0.5) is 5.95 Å². The Kier molecular flexibility index (Phi) is 4.41. The molecular weight excluding hydrogens is 348 g/mol. The van der Waals surface area contributed by atoms with Crippen LogP contribution in [-0.4, -0.2) is 37.5 Å². The van der Waals surface area contributed by atoms with Crippen molar-refractivity contribution in [1.29, 1.82) is 0 Å². The molecule has 1 fully saturated rings. The summed E-state index contributed by atoms with van der Waals surface area (Å²) in [5, 5.41) is 16.7. The minimum atomic E-state index is 0.414. The molecule has 0 amide bonds. The van der Waals surface area contributed by atoms with Crippen LogP contribution >= 0.6 is 0 Å². The van der Waals surface area contributed by atoms with Gasteiger partial charge in [-0.2, -0.15) is 5.10 Å². The van der Waals surface area contributed by atoms with Crippen molar-refractivity contribution < 1.29 is 0 Å². The molecule has 0 radical (unpaired) electrons. The molecule has 1 saturated heterocycles. The number of fused-ring (bicyclic) bond motifs is 1. The van der Waals surface area contributed by atoms with E-state index in [1.807, 2.05) is 6.20 Å². The third kappa shape index (κ3) is 2.91. The molecule has 0 bridgehead atoms. The number of nitrogens with one attached hydrogen (secondary N) is 1. The van der Waals surface area contributed by atoms with Crippen molar-refractivity contribution in [3.8, 4) is 0 Å². The lowest BCUT2D eigenvalue weighted by atomic mass is 9.87. The zero-order chi connectivity index (χ0) is 19.1. The molecule has 2 aliphatic rings. The number of nitrogens with zero attached hydrogens (tertiary/aromatic N) is 5. The number of rotatable bonds is 4. The summed E-state index contributed by atoms with van der Waals surface area (Å²) in [6, 6.07) is 11.3. The van der Waals surface area contributed by atoms with Gasteiger partial charge in [0, 0.05) is 36.7 Å². The first kappa shape index (κ1) is 17.5. The summed E-state index contributed by atoms with van der Waals surface area (Å²) >= 11 is 0. The van der Waals surface area contributed by atoms with Gasteiger partial charge in [0.1, 0.15) is 5.82 Å². The molecule has 146 valence electrons. The van der Waals surface area contributed by atoms with Crippen molar-refractivity contribution in [2.75, 3.05) is 11.4 Å². The van der Waals surface area contributed by atoms with E-state index in [9.17, 15) is 0 Å². The first-order valence-corrected chi connectivity index (χ1v) is 10.5. The molecule has 3 atom stereocenters. The number of aromatic amines is 1. The van der Waals surface area contributed by atoms with Gasteiger partial charge < -0.3 is 4.90 Å². The number of aromatic nitrogens is 5. The number of benzene rings is 1. The number of H-pyrrole nitrogens is 1. The fourth-order valence-electron chi connectivity index (χ4n) is 5.03. The van der Waals surface area contributed by atoms with Crippen molar-refractivity contribution in [1.82, 2.24) is 25.0 Å². The SMILES string of the molecule is CCn1c(C2CCc3cn[nH]c3C2)nnc1N1CC(c2ccccc2)CC1C. The highest BCUT2D eigenvalue weighted by Gasteiger charge is 2.34. The average Bonchev–Trinajstić information content (AvgIpc) is 3.45. The molecule has 1 aliphatic carbocycles. The summed E-state index contributed by atoms with van der Waals surface area (Å²) in [7, 11) is 0. The van der Waals surface area contributed by atoms with Crippen molar-refractivity contribution in [3.63, 3.8) is 0 Å². The summed E-state index contributed by atoms with van der Waals surface area (Å²) in [6.45, 7) is 6.44. The lowest BCUT2D eigenvalue weighted by molar-refractivity contribution is 0.517. The van der Waals surface area contributed by atoms with Gasteiger partial charge in [0.05, 0.1) is 6.20 Å². The second-order valence-electron chi connectivity index (χ2n) is 8.26. The highest BCUT2D eigenvalue weighted by molar-refractivity contribution is 5.39. The van der Waals surface area contributed by atoms with E-state index in [4.69, 9.17) is 0 Å². The Morgan fingerprint density at radius 1 is 1.14 bits per heavy atom. The number of hydrogen-bond acceptors (Lipinski definition) is 4. The Balaban J connectivity index is 1.41. The Labute approximate surface area is 166 Å². The van der Waals surface area contributed by atoms with E-state index in [0.29, 0.717) is 17.9 Å². The summed E-state index contributed by atoms with van der Waals surface area (Å²) in [6.07, 6.45) is 6.30. The normalized spacial score (nSPS) is 24.5. The Hall–Kier alpha value is -2.63. The quantitative estimate of drug-likeness (QED) is 0.755. The molecule has 3 heterocycles. The maximum atomic E-state index is 4.68. The van der Waals surface area contributed by atoms with Crippen LogP contribution in [0.15, 0.2) is 36.5 Å². The van der Waals surface area contributed by atoms with Crippen molar-refractivity contribution in [2.45, 2.75) is 64.0 Å². The van der Waals surface area contributed by atoms with Gasteiger partial charge in [-0.05, 0) is 50.7 Å². The molecule has 6 heteroatoms. The van der Waals surface area contributed by atoms with Crippen LogP contribution in [-0.2, 0) is 19.4 Å². The van der Waals surface area contributed by atoms with E-state index < -0.39 is 0 Å². The van der Waals surface area contributed by atoms with Gasteiger partial charge >= 0.3 is 0 Å². The molecule has 5 rings (SSSR count). The molecule has 0 spiro atoms. The molecule has 0 saturated carbocycles. The van der Waals surface area contributed by atoms with Gasteiger partial charge in [0.15, 0.2) is 0 Å². The highest BCUT2D eigenvalue weighted by Crippen LogP contribution is 2.37. The average molecular weight is 377 g/mol. The monoisotopic (exact) mass is 376 g/mol. The fraction of sp³-hybridized carbons (Fsp3) is 0.500. The molecule has 1 aromatic carbocycles. The first-order chi connectivity index (χ1) is 13.7. The predicted molar refractivity (Wildman–Crippen MR) is 110 cm³/mol. The van der Waals surface area contributed by atoms with Crippen LogP contribution in [0.5, 0.6) is 0 Å². The minimum absolute atomic E-state index is 0.414. The van der Waals surface area contributed by atoms with Crippen molar-refractivity contribution >= 4 is 5.95 Å². The second-order valence-corrected chi connectivity index (χ2v) is 8.26. The van der Waals surface area contributed by atoms with E-state index in [2.05, 4.69) is 74.0 Å². The van der Waals surface area contributed by atoms with Gasteiger partial charge in [-0.25, -0.2) is 0 Å². The number of aryl methyl sites for hydroxylation is 1. The molecule has 2 aromatic heterocycles. The molecule has 1 aliphatic heterocycles. The predicted octanol–water partition coefficient (Wildman–Crippen LogP) is 3.68. The Bertz CT molecular complexity index is 943. The topological polar surface area (TPSA) is 62.6 Å². The van der Waals surface area contributed by atoms with Gasteiger partial charge in [-0.15, -0.1) is 10.2 Å². The first-order valence-electron chi connectivity index (χ1n) is 10.5. The summed E-state index contributed by atoms with van der Waals surface area (Å²) in [5.74, 6) is 3.15. The van der Waals surface area contributed by atoms with Gasteiger partial charge in [0.2, 0.25) is 5.95 Å². The molecule has 3 aromatic rings. The van der Waals surface area contributed by atoms with Crippen molar-refractivity contribution in [3.05, 3.63) is 59.2 Å². The zero-order valence-corrected chi connectivity index (χ0v) is 16.7. The van der Waals surface area contributed by atoms with Gasteiger partial charge in [-0.1, -0.05) is 30.3 Å². The van der Waals surface area contributed by atoms with E-state index in [-0.39, 0.29) is 0 Å². The summed E-state index contributed by atoms with van der Waals surface area (Å²) in [5.41, 5.74) is 4.05. The lowest BCUT2D eigenvalue weighted by Gasteiger charge is -2.25. The number of hydrogen-bond donors (Lipinski definition) is 1. The van der Waals surface area contributed by atoms with Gasteiger partial charge in [-0.3, -0.25) is 9.67 Å². The van der Waals surface area contributed by atoms with Gasteiger partial charge in [0.25, 0.3) is 0 Å². The second kappa shape index (κ2) is 7.08. The standard InChI is InChI=1S/C22H28N6/c1-3-27-21(17-9-10-18-13-23-24-20(18)12-17)25-26-22(27)28-14-19(11-15(28)2)16-7-5-4-6-8-16/h4-8,13,15,17,19H,3,9-12,14H2,1-2H3,(H,23,24). The summed E-state index contributed by atoms with van der Waals surface area (Å²) in [4.78, 5) is 2.46. The van der Waals surface area contributed by atoms with Crippen molar-refractivity contribution in [2.24, 2.45) is 0 Å². The molecule has 1 N–H and O–H groups in total. The Morgan fingerprint density at radius 2 is 2.00 bits per heavy atom. The third-order valence-corrected chi connectivity index (χ3v) is 6.56.